The second-order valence-corrected chi connectivity index (χ2v) is 11.3. The van der Waals surface area contributed by atoms with Crippen molar-refractivity contribution < 1.29 is 14.3 Å². The van der Waals surface area contributed by atoms with Gasteiger partial charge in [-0.05, 0) is 87.7 Å². The first-order valence-corrected chi connectivity index (χ1v) is 12.7. The van der Waals surface area contributed by atoms with E-state index >= 15 is 0 Å². The molecule has 1 aromatic carbocycles. The maximum atomic E-state index is 13.5. The molecule has 1 unspecified atom stereocenters. The second kappa shape index (κ2) is 9.55. The van der Waals surface area contributed by atoms with Crippen molar-refractivity contribution in [3.63, 3.8) is 0 Å². The van der Waals surface area contributed by atoms with Crippen LogP contribution in [0.4, 0.5) is 4.79 Å². The molecule has 1 atom stereocenters. The fourth-order valence-corrected chi connectivity index (χ4v) is 5.18. The summed E-state index contributed by atoms with van der Waals surface area (Å²) in [6, 6.07) is 7.47. The van der Waals surface area contributed by atoms with Gasteiger partial charge in [-0.2, -0.15) is 0 Å². The van der Waals surface area contributed by atoms with Crippen molar-refractivity contribution in [3.05, 3.63) is 50.7 Å². The quantitative estimate of drug-likeness (QED) is 0.607. The number of rotatable bonds is 6. The molecule has 3 amide bonds. The number of carbonyl (C=O) groups excluding carboxylic acids is 2. The number of carbonyl (C=O) groups is 2. The number of nitrogens with one attached hydrogen (secondary N) is 1. The van der Waals surface area contributed by atoms with Crippen molar-refractivity contribution in [1.82, 2.24) is 15.1 Å². The summed E-state index contributed by atoms with van der Waals surface area (Å²) in [5.74, 6) is 0.694. The third-order valence-corrected chi connectivity index (χ3v) is 7.41. The maximum Gasteiger partial charge on any atom is 0.318 e. The predicted octanol–water partition coefficient (Wildman–Crippen LogP) is 5.19. The van der Waals surface area contributed by atoms with Gasteiger partial charge in [0.05, 0.1) is 6.04 Å². The van der Waals surface area contributed by atoms with Gasteiger partial charge in [0.15, 0.2) is 0 Å². The molecule has 1 aromatic heterocycles. The SMILES string of the molecule is Cc1cc(OCC2c3ccsc3CCN2C(=O)CN(C(=O)NC(C)(C)C)C2CC2)ccc1Cl. The number of nitrogens with zero attached hydrogens (tertiary/aromatic N) is 2. The molecular weight excluding hydrogens is 458 g/mol. The average Bonchev–Trinajstić information content (AvgIpc) is 3.46. The summed E-state index contributed by atoms with van der Waals surface area (Å²) < 4.78 is 6.13. The minimum Gasteiger partial charge on any atom is -0.491 e. The van der Waals surface area contributed by atoms with E-state index in [-0.39, 0.29) is 36.1 Å². The van der Waals surface area contributed by atoms with Crippen molar-refractivity contribution in [1.29, 1.82) is 0 Å². The molecule has 2 aromatic rings. The number of benzene rings is 1. The zero-order chi connectivity index (χ0) is 23.8. The number of amides is 3. The van der Waals surface area contributed by atoms with Crippen LogP contribution in [0.2, 0.25) is 5.02 Å². The first kappa shape index (κ1) is 23.9. The Morgan fingerprint density at radius 2 is 2.03 bits per heavy atom. The summed E-state index contributed by atoms with van der Waals surface area (Å²) in [5.41, 5.74) is 1.74. The summed E-state index contributed by atoms with van der Waals surface area (Å²) in [5, 5.41) is 5.78. The summed E-state index contributed by atoms with van der Waals surface area (Å²) in [6.07, 6.45) is 2.72. The highest BCUT2D eigenvalue weighted by atomic mass is 35.5. The van der Waals surface area contributed by atoms with Crippen LogP contribution in [0.1, 0.15) is 55.7 Å². The van der Waals surface area contributed by atoms with Crippen LogP contribution in [-0.2, 0) is 11.2 Å². The largest absolute Gasteiger partial charge is 0.491 e. The second-order valence-electron chi connectivity index (χ2n) is 9.91. The zero-order valence-electron chi connectivity index (χ0n) is 19.7. The molecule has 0 spiro atoms. The van der Waals surface area contributed by atoms with E-state index in [0.717, 1.165) is 36.1 Å². The smallest absolute Gasteiger partial charge is 0.318 e. The molecule has 178 valence electrons. The number of hydrogen-bond donors (Lipinski definition) is 1. The van der Waals surface area contributed by atoms with Crippen molar-refractivity contribution in [2.45, 2.75) is 64.6 Å². The number of ether oxygens (including phenoxy) is 1. The Hall–Kier alpha value is -2.25. The van der Waals surface area contributed by atoms with Gasteiger partial charge in [0.25, 0.3) is 0 Å². The molecule has 1 aliphatic heterocycles. The van der Waals surface area contributed by atoms with Gasteiger partial charge in [-0.25, -0.2) is 4.79 Å². The van der Waals surface area contributed by atoms with Gasteiger partial charge in [-0.3, -0.25) is 4.79 Å². The highest BCUT2D eigenvalue weighted by molar-refractivity contribution is 7.10. The van der Waals surface area contributed by atoms with Gasteiger partial charge < -0.3 is 19.9 Å². The van der Waals surface area contributed by atoms with Crippen molar-refractivity contribution in [2.24, 2.45) is 0 Å². The molecule has 0 saturated heterocycles. The molecule has 0 radical (unpaired) electrons. The summed E-state index contributed by atoms with van der Waals surface area (Å²) in [7, 11) is 0. The van der Waals surface area contributed by atoms with E-state index in [1.807, 2.05) is 50.8 Å². The van der Waals surface area contributed by atoms with Crippen LogP contribution in [0.3, 0.4) is 0 Å². The fourth-order valence-electron chi connectivity index (χ4n) is 4.14. The highest BCUT2D eigenvalue weighted by Gasteiger charge is 2.38. The highest BCUT2D eigenvalue weighted by Crippen LogP contribution is 2.35. The molecule has 1 aliphatic carbocycles. The van der Waals surface area contributed by atoms with Crippen LogP contribution >= 0.6 is 22.9 Å². The number of thiophene rings is 1. The van der Waals surface area contributed by atoms with Crippen LogP contribution < -0.4 is 10.1 Å². The third-order valence-electron chi connectivity index (χ3n) is 5.99. The fraction of sp³-hybridized carbons (Fsp3) is 0.520. The molecule has 8 heteroatoms. The van der Waals surface area contributed by atoms with Gasteiger partial charge in [-0.1, -0.05) is 11.6 Å². The van der Waals surface area contributed by atoms with E-state index in [9.17, 15) is 9.59 Å². The van der Waals surface area contributed by atoms with Gasteiger partial charge in [0, 0.05) is 28.0 Å². The number of urea groups is 1. The molecular formula is C25H32ClN3O3S. The van der Waals surface area contributed by atoms with Crippen LogP contribution in [0.5, 0.6) is 5.75 Å². The van der Waals surface area contributed by atoms with Crippen molar-refractivity contribution >= 4 is 34.9 Å². The molecule has 1 N–H and O–H groups in total. The normalized spacial score (nSPS) is 18.0. The van der Waals surface area contributed by atoms with E-state index in [1.54, 1.807) is 16.2 Å². The molecule has 6 nitrogen and oxygen atoms in total. The molecule has 33 heavy (non-hydrogen) atoms. The monoisotopic (exact) mass is 489 g/mol. The Morgan fingerprint density at radius 3 is 2.70 bits per heavy atom. The minimum atomic E-state index is -0.350. The Balaban J connectivity index is 1.50. The van der Waals surface area contributed by atoms with E-state index in [4.69, 9.17) is 16.3 Å². The maximum absolute atomic E-state index is 13.5. The Bertz CT molecular complexity index is 1030. The van der Waals surface area contributed by atoms with E-state index in [0.29, 0.717) is 18.2 Å². The van der Waals surface area contributed by atoms with Crippen molar-refractivity contribution in [2.75, 3.05) is 19.7 Å². The lowest BCUT2D eigenvalue weighted by atomic mass is 10.0. The van der Waals surface area contributed by atoms with Gasteiger partial charge >= 0.3 is 6.03 Å². The number of halogens is 1. The molecule has 2 aliphatic rings. The van der Waals surface area contributed by atoms with Crippen LogP contribution in [0, 0.1) is 6.92 Å². The van der Waals surface area contributed by atoms with Crippen molar-refractivity contribution in [3.8, 4) is 5.75 Å². The van der Waals surface area contributed by atoms with Gasteiger partial charge in [0.1, 0.15) is 18.9 Å². The Labute approximate surface area is 204 Å². The molecule has 1 saturated carbocycles. The van der Waals surface area contributed by atoms with Crippen LogP contribution in [-0.4, -0.2) is 53.0 Å². The van der Waals surface area contributed by atoms with E-state index < -0.39 is 0 Å². The number of fused-ring (bicyclic) bond motifs is 1. The van der Waals surface area contributed by atoms with Gasteiger partial charge in [-0.15, -0.1) is 11.3 Å². The van der Waals surface area contributed by atoms with E-state index in [1.165, 1.54) is 4.88 Å². The molecule has 0 bridgehead atoms. The first-order valence-electron chi connectivity index (χ1n) is 11.5. The summed E-state index contributed by atoms with van der Waals surface area (Å²) in [6.45, 7) is 8.86. The summed E-state index contributed by atoms with van der Waals surface area (Å²) in [4.78, 5) is 31.3. The third kappa shape index (κ3) is 5.82. The predicted molar refractivity (Wildman–Crippen MR) is 132 cm³/mol. The lowest BCUT2D eigenvalue weighted by molar-refractivity contribution is -0.135. The standard InChI is InChI=1S/C25H32ClN3O3S/c1-16-13-18(7-8-20(16)26)32-15-21-19-10-12-33-22(19)9-11-28(21)23(30)14-29(17-5-6-17)24(31)27-25(2,3)4/h7-8,10,12-13,17,21H,5-6,9,11,14-15H2,1-4H3,(H,27,31). The summed E-state index contributed by atoms with van der Waals surface area (Å²) >= 11 is 7.87. The minimum absolute atomic E-state index is 0.0382. The lowest BCUT2D eigenvalue weighted by Gasteiger charge is -2.37. The molecule has 4 rings (SSSR count). The average molecular weight is 490 g/mol. The lowest BCUT2D eigenvalue weighted by Crippen LogP contribution is -2.53. The first-order chi connectivity index (χ1) is 15.6. The number of hydrogen-bond acceptors (Lipinski definition) is 4. The van der Waals surface area contributed by atoms with Crippen LogP contribution in [0.25, 0.3) is 0 Å². The molecule has 2 heterocycles. The Kier molecular flexibility index (Phi) is 6.91. The topological polar surface area (TPSA) is 61.9 Å². The van der Waals surface area contributed by atoms with Crippen LogP contribution in [0.15, 0.2) is 29.6 Å². The van der Waals surface area contributed by atoms with Gasteiger partial charge in [0.2, 0.25) is 5.91 Å². The molecule has 1 fully saturated rings. The Morgan fingerprint density at radius 1 is 1.27 bits per heavy atom. The van der Waals surface area contributed by atoms with E-state index in [2.05, 4.69) is 16.8 Å². The number of aryl methyl sites for hydroxylation is 1. The zero-order valence-corrected chi connectivity index (χ0v) is 21.3.